The van der Waals surface area contributed by atoms with Gasteiger partial charge >= 0.3 is 0 Å². The number of nitrogens with one attached hydrogen (secondary N) is 1. The van der Waals surface area contributed by atoms with E-state index in [1.165, 1.54) is 0 Å². The summed E-state index contributed by atoms with van der Waals surface area (Å²) in [6.07, 6.45) is 0.337. The molecule has 120 valence electrons. The van der Waals surface area contributed by atoms with E-state index < -0.39 is 0 Å². The summed E-state index contributed by atoms with van der Waals surface area (Å²) < 4.78 is 0. The Bertz CT molecular complexity index is 783. The van der Waals surface area contributed by atoms with Crippen molar-refractivity contribution in [3.05, 3.63) is 96.1 Å². The minimum absolute atomic E-state index is 0.0807. The molecule has 0 amide bonds. The second-order valence-corrected chi connectivity index (χ2v) is 5.65. The van der Waals surface area contributed by atoms with Gasteiger partial charge in [-0.05, 0) is 29.8 Å². The first-order chi connectivity index (χ1) is 11.7. The van der Waals surface area contributed by atoms with Crippen LogP contribution >= 0.6 is 0 Å². The van der Waals surface area contributed by atoms with Gasteiger partial charge in [0.15, 0.2) is 5.78 Å². The number of ketones is 1. The van der Waals surface area contributed by atoms with Gasteiger partial charge in [0.1, 0.15) is 5.75 Å². The van der Waals surface area contributed by atoms with Crippen LogP contribution in [0.4, 0.5) is 5.69 Å². The Balaban J connectivity index is 1.84. The first kappa shape index (κ1) is 15.8. The number of anilines is 1. The summed E-state index contributed by atoms with van der Waals surface area (Å²) in [6, 6.07) is 25.9. The fraction of sp³-hybridized carbons (Fsp3) is 0.0952. The van der Waals surface area contributed by atoms with Crippen molar-refractivity contribution in [1.29, 1.82) is 0 Å². The normalized spacial score (nSPS) is 11.7. The van der Waals surface area contributed by atoms with Crippen LogP contribution in [-0.2, 0) is 0 Å². The number of aromatic hydroxyl groups is 1. The van der Waals surface area contributed by atoms with Crippen LogP contribution < -0.4 is 5.32 Å². The summed E-state index contributed by atoms with van der Waals surface area (Å²) in [6.45, 7) is 0. The summed E-state index contributed by atoms with van der Waals surface area (Å²) in [5, 5.41) is 12.9. The van der Waals surface area contributed by atoms with Gasteiger partial charge < -0.3 is 10.4 Å². The molecule has 0 heterocycles. The lowest BCUT2D eigenvalue weighted by Gasteiger charge is -2.20. The van der Waals surface area contributed by atoms with Gasteiger partial charge in [-0.2, -0.15) is 0 Å². The molecule has 0 aliphatic carbocycles. The van der Waals surface area contributed by atoms with E-state index in [2.05, 4.69) is 5.32 Å². The molecule has 0 radical (unpaired) electrons. The molecule has 1 unspecified atom stereocenters. The van der Waals surface area contributed by atoms with Gasteiger partial charge in [-0.3, -0.25) is 4.79 Å². The quantitative estimate of drug-likeness (QED) is 0.641. The summed E-state index contributed by atoms with van der Waals surface area (Å²) in [5.41, 5.74) is 2.62. The summed E-state index contributed by atoms with van der Waals surface area (Å²) >= 11 is 0. The SMILES string of the molecule is O=C(CC(Nc1ccccc1)c1ccc(O)cc1)c1ccccc1. The lowest BCUT2D eigenvalue weighted by Crippen LogP contribution is -2.15. The van der Waals surface area contributed by atoms with E-state index >= 15 is 0 Å². The zero-order chi connectivity index (χ0) is 16.8. The van der Waals surface area contributed by atoms with Crippen LogP contribution in [0, 0.1) is 0 Å². The highest BCUT2D eigenvalue weighted by Crippen LogP contribution is 2.26. The predicted molar refractivity (Wildman–Crippen MR) is 96.3 cm³/mol. The van der Waals surface area contributed by atoms with Crippen molar-refractivity contribution in [3.8, 4) is 5.75 Å². The molecule has 2 N–H and O–H groups in total. The molecular formula is C21H19NO2. The molecule has 1 atom stereocenters. The second-order valence-electron chi connectivity index (χ2n) is 5.65. The van der Waals surface area contributed by atoms with Crippen molar-refractivity contribution >= 4 is 11.5 Å². The van der Waals surface area contributed by atoms with Gasteiger partial charge in [-0.15, -0.1) is 0 Å². The van der Waals surface area contributed by atoms with E-state index in [-0.39, 0.29) is 17.6 Å². The van der Waals surface area contributed by atoms with Crippen LogP contribution in [0.1, 0.15) is 28.4 Å². The van der Waals surface area contributed by atoms with Gasteiger partial charge in [-0.25, -0.2) is 0 Å². The van der Waals surface area contributed by atoms with E-state index in [1.54, 1.807) is 12.1 Å². The summed E-state index contributed by atoms with van der Waals surface area (Å²) in [4.78, 5) is 12.6. The van der Waals surface area contributed by atoms with Gasteiger partial charge in [0, 0.05) is 17.7 Å². The molecule has 0 aliphatic rings. The third kappa shape index (κ3) is 4.02. The highest BCUT2D eigenvalue weighted by atomic mass is 16.3. The largest absolute Gasteiger partial charge is 0.508 e. The Morgan fingerprint density at radius 3 is 2.04 bits per heavy atom. The molecule has 0 spiro atoms. The van der Waals surface area contributed by atoms with Crippen LogP contribution in [0.15, 0.2) is 84.9 Å². The third-order valence-corrected chi connectivity index (χ3v) is 3.90. The topological polar surface area (TPSA) is 49.3 Å². The van der Waals surface area contributed by atoms with Crippen LogP contribution in [-0.4, -0.2) is 10.9 Å². The Kier molecular flexibility index (Phi) is 4.92. The number of hydrogen-bond donors (Lipinski definition) is 2. The fourth-order valence-corrected chi connectivity index (χ4v) is 2.62. The molecule has 3 aromatic carbocycles. The van der Waals surface area contributed by atoms with Crippen LogP contribution in [0.5, 0.6) is 5.75 Å². The first-order valence-corrected chi connectivity index (χ1v) is 7.91. The number of Topliss-reactive ketones (excluding diaryl/α,β-unsaturated/α-hetero) is 1. The molecule has 3 aromatic rings. The Morgan fingerprint density at radius 2 is 1.42 bits per heavy atom. The lowest BCUT2D eigenvalue weighted by atomic mass is 9.97. The number of carbonyl (C=O) groups excluding carboxylic acids is 1. The molecule has 3 heteroatoms. The molecule has 0 aromatic heterocycles. The zero-order valence-electron chi connectivity index (χ0n) is 13.2. The van der Waals surface area contributed by atoms with Crippen LogP contribution in [0.2, 0.25) is 0 Å². The van der Waals surface area contributed by atoms with Gasteiger partial charge in [-0.1, -0.05) is 60.7 Å². The van der Waals surface area contributed by atoms with E-state index in [9.17, 15) is 9.90 Å². The number of para-hydroxylation sites is 1. The van der Waals surface area contributed by atoms with E-state index in [4.69, 9.17) is 0 Å². The van der Waals surface area contributed by atoms with Crippen LogP contribution in [0.25, 0.3) is 0 Å². The van der Waals surface area contributed by atoms with Crippen molar-refractivity contribution in [2.75, 3.05) is 5.32 Å². The van der Waals surface area contributed by atoms with E-state index in [1.807, 2.05) is 72.8 Å². The standard InChI is InChI=1S/C21H19NO2/c23-19-13-11-16(12-14-19)20(22-18-9-5-2-6-10-18)15-21(24)17-7-3-1-4-8-17/h1-14,20,22-23H,15H2. The van der Waals surface area contributed by atoms with Gasteiger partial charge in [0.2, 0.25) is 0 Å². The highest BCUT2D eigenvalue weighted by Gasteiger charge is 2.17. The van der Waals surface area contributed by atoms with Gasteiger partial charge in [0.25, 0.3) is 0 Å². The number of hydrogen-bond acceptors (Lipinski definition) is 3. The van der Waals surface area contributed by atoms with E-state index in [0.717, 1.165) is 11.3 Å². The Hall–Kier alpha value is -3.07. The lowest BCUT2D eigenvalue weighted by molar-refractivity contribution is 0.0976. The molecule has 0 saturated carbocycles. The first-order valence-electron chi connectivity index (χ1n) is 7.91. The van der Waals surface area contributed by atoms with Crippen molar-refractivity contribution in [3.63, 3.8) is 0 Å². The molecule has 3 nitrogen and oxygen atoms in total. The number of benzene rings is 3. The number of phenols is 1. The Morgan fingerprint density at radius 1 is 0.833 bits per heavy atom. The number of rotatable bonds is 6. The minimum atomic E-state index is -0.166. The molecular weight excluding hydrogens is 298 g/mol. The smallest absolute Gasteiger partial charge is 0.165 e. The minimum Gasteiger partial charge on any atom is -0.508 e. The third-order valence-electron chi connectivity index (χ3n) is 3.90. The average molecular weight is 317 g/mol. The fourth-order valence-electron chi connectivity index (χ4n) is 2.62. The van der Waals surface area contributed by atoms with Gasteiger partial charge in [0.05, 0.1) is 6.04 Å². The zero-order valence-corrected chi connectivity index (χ0v) is 13.2. The summed E-state index contributed by atoms with van der Waals surface area (Å²) in [7, 11) is 0. The van der Waals surface area contributed by atoms with E-state index in [0.29, 0.717) is 12.0 Å². The van der Waals surface area contributed by atoms with Crippen molar-refractivity contribution in [2.45, 2.75) is 12.5 Å². The maximum absolute atomic E-state index is 12.6. The second kappa shape index (κ2) is 7.47. The number of carbonyl (C=O) groups is 1. The molecule has 0 aliphatic heterocycles. The predicted octanol–water partition coefficient (Wildman–Crippen LogP) is 4.82. The molecule has 24 heavy (non-hydrogen) atoms. The van der Waals surface area contributed by atoms with Crippen molar-refractivity contribution in [1.82, 2.24) is 0 Å². The molecule has 0 saturated heterocycles. The van der Waals surface area contributed by atoms with Crippen LogP contribution in [0.3, 0.4) is 0 Å². The molecule has 3 rings (SSSR count). The molecule has 0 fully saturated rings. The maximum Gasteiger partial charge on any atom is 0.165 e. The summed E-state index contributed by atoms with van der Waals surface area (Å²) in [5.74, 6) is 0.295. The Labute approximate surface area is 141 Å². The number of phenolic OH excluding ortho intramolecular Hbond substituents is 1. The maximum atomic E-state index is 12.6. The monoisotopic (exact) mass is 317 g/mol. The van der Waals surface area contributed by atoms with Crippen molar-refractivity contribution in [2.24, 2.45) is 0 Å². The van der Waals surface area contributed by atoms with Crippen molar-refractivity contribution < 1.29 is 9.90 Å². The molecule has 0 bridgehead atoms. The highest BCUT2D eigenvalue weighted by molar-refractivity contribution is 5.96. The average Bonchev–Trinajstić information content (AvgIpc) is 2.63.